The number of rotatable bonds is 20. The maximum absolute atomic E-state index is 14.5. The number of nitrogens with one attached hydrogen (secondary N) is 2. The molecule has 3 unspecified atom stereocenters. The summed E-state index contributed by atoms with van der Waals surface area (Å²) in [7, 11) is -1.56. The molecule has 1 aliphatic rings. The van der Waals surface area contributed by atoms with E-state index >= 15 is 0 Å². The van der Waals surface area contributed by atoms with Gasteiger partial charge in [-0.1, -0.05) is 107 Å². The van der Waals surface area contributed by atoms with Gasteiger partial charge in [0.15, 0.2) is 14.0 Å². The Morgan fingerprint density at radius 3 is 2.28 bits per heavy atom. The first-order chi connectivity index (χ1) is 26.0. The number of anilines is 1. The summed E-state index contributed by atoms with van der Waals surface area (Å²) in [4.78, 5) is 63.0. The third kappa shape index (κ3) is 14.1. The van der Waals surface area contributed by atoms with E-state index in [1.54, 1.807) is 12.1 Å². The Morgan fingerprint density at radius 2 is 1.67 bits per heavy atom. The first-order valence-electron chi connectivity index (χ1n) is 19.0. The lowest BCUT2D eigenvalue weighted by Crippen LogP contribution is -2.55. The van der Waals surface area contributed by atoms with Gasteiger partial charge >= 0.3 is 12.1 Å². The molecule has 0 saturated heterocycles. The first-order valence-corrected chi connectivity index (χ1v) is 20.5. The van der Waals surface area contributed by atoms with Gasteiger partial charge in [0.2, 0.25) is 11.8 Å². The number of aromatic nitrogens is 2. The van der Waals surface area contributed by atoms with Crippen LogP contribution in [0.2, 0.25) is 0 Å². The molecule has 3 amide bonds. The van der Waals surface area contributed by atoms with Crippen LogP contribution in [0.5, 0.6) is 0 Å². The number of nitrogen functional groups attached to an aromatic ring is 1. The average Bonchev–Trinajstić information content (AvgIpc) is 3.58. The molecule has 4 N–H and O–H groups in total. The summed E-state index contributed by atoms with van der Waals surface area (Å²) in [6.45, 7) is 3.81. The van der Waals surface area contributed by atoms with Crippen LogP contribution in [-0.2, 0) is 52.4 Å². The normalized spacial score (nSPS) is 15.5. The maximum Gasteiger partial charge on any atom is 0.417 e. The molecule has 4 atom stereocenters. The molecular weight excluding hydrogens is 709 g/mol. The summed E-state index contributed by atoms with van der Waals surface area (Å²) < 4.78 is 30.3. The van der Waals surface area contributed by atoms with E-state index in [4.69, 9.17) is 19.7 Å². The molecule has 1 saturated carbocycles. The lowest BCUT2D eigenvalue weighted by Gasteiger charge is -2.32. The van der Waals surface area contributed by atoms with Crippen molar-refractivity contribution >= 4 is 37.9 Å². The summed E-state index contributed by atoms with van der Waals surface area (Å²) in [6.07, 6.45) is 6.12. The van der Waals surface area contributed by atoms with E-state index in [1.165, 1.54) is 13.3 Å². The number of benzene rings is 2. The summed E-state index contributed by atoms with van der Waals surface area (Å²) in [5.74, 6) is -1.94. The number of hydrogen-bond donors (Lipinski definition) is 3. The van der Waals surface area contributed by atoms with Crippen molar-refractivity contribution in [1.29, 1.82) is 0 Å². The second kappa shape index (κ2) is 22.0. The molecule has 0 bridgehead atoms. The number of imidazole rings is 1. The Morgan fingerprint density at radius 1 is 1.00 bits per heavy atom. The minimum absolute atomic E-state index is 0.0394. The number of esters is 1. The molecule has 1 fully saturated rings. The van der Waals surface area contributed by atoms with E-state index in [1.807, 2.05) is 62.4 Å². The van der Waals surface area contributed by atoms with Crippen molar-refractivity contribution in [2.75, 3.05) is 19.0 Å². The number of methoxy groups -OCH3 is 1. The zero-order valence-corrected chi connectivity index (χ0v) is 32.7. The van der Waals surface area contributed by atoms with Crippen molar-refractivity contribution in [2.24, 2.45) is 17.8 Å². The Bertz CT molecular complexity index is 1650. The van der Waals surface area contributed by atoms with E-state index in [0.29, 0.717) is 36.9 Å². The number of nitrogens with two attached hydrogens (primary N) is 1. The summed E-state index contributed by atoms with van der Waals surface area (Å²) >= 11 is 0. The van der Waals surface area contributed by atoms with Gasteiger partial charge in [0, 0.05) is 25.2 Å². The molecule has 3 aromatic rings. The zero-order valence-electron chi connectivity index (χ0n) is 31.7. The van der Waals surface area contributed by atoms with Gasteiger partial charge < -0.3 is 30.0 Å². The minimum Gasteiger partial charge on any atom is -0.469 e. The number of ether oxygens (including phenoxy) is 2. The molecule has 1 aliphatic carbocycles. The van der Waals surface area contributed by atoms with Crippen LogP contribution in [0.3, 0.4) is 0 Å². The molecule has 1 aromatic heterocycles. The molecular formula is C40H56N5O8P. The van der Waals surface area contributed by atoms with Gasteiger partial charge in [-0.3, -0.25) is 18.9 Å². The van der Waals surface area contributed by atoms with Crippen molar-refractivity contribution in [3.05, 3.63) is 83.7 Å². The quantitative estimate of drug-likeness (QED) is 0.0626. The summed E-state index contributed by atoms with van der Waals surface area (Å²) in [6, 6.07) is 17.3. The monoisotopic (exact) mass is 765 g/mol. The van der Waals surface area contributed by atoms with E-state index in [9.17, 15) is 23.7 Å². The van der Waals surface area contributed by atoms with Crippen molar-refractivity contribution in [3.8, 4) is 0 Å². The number of carbonyl (C=O) groups is 4. The molecule has 2 aromatic carbocycles. The Kier molecular flexibility index (Phi) is 17.2. The number of aromatic amines is 1. The fourth-order valence-electron chi connectivity index (χ4n) is 6.90. The van der Waals surface area contributed by atoms with Gasteiger partial charge in [-0.15, -0.1) is 0 Å². The van der Waals surface area contributed by atoms with Gasteiger partial charge in [0.05, 0.1) is 18.7 Å². The van der Waals surface area contributed by atoms with Crippen LogP contribution in [0.25, 0.3) is 0 Å². The Labute approximate surface area is 319 Å². The van der Waals surface area contributed by atoms with Crippen LogP contribution in [0, 0.1) is 17.8 Å². The smallest absolute Gasteiger partial charge is 0.417 e. The summed E-state index contributed by atoms with van der Waals surface area (Å²) in [5.41, 5.74) is 7.96. The topological polar surface area (TPSA) is 183 Å². The molecule has 14 heteroatoms. The van der Waals surface area contributed by atoms with Gasteiger partial charge in [-0.05, 0) is 48.6 Å². The highest BCUT2D eigenvalue weighted by molar-refractivity contribution is 7.39. The van der Waals surface area contributed by atoms with Crippen LogP contribution in [0.4, 0.5) is 10.7 Å². The predicted octanol–water partition coefficient (Wildman–Crippen LogP) is 6.83. The lowest BCUT2D eigenvalue weighted by atomic mass is 9.86. The fourth-order valence-corrected chi connectivity index (χ4v) is 8.21. The molecule has 0 spiro atoms. The predicted molar refractivity (Wildman–Crippen MR) is 206 cm³/mol. The van der Waals surface area contributed by atoms with Crippen LogP contribution < -0.4 is 11.1 Å². The molecule has 0 radical (unpaired) electrons. The highest BCUT2D eigenvalue weighted by atomic mass is 31.1. The number of carbonyl (C=O) groups excluding carboxylic acids is 4. The fraction of sp³-hybridized carbons (Fsp3) is 0.525. The maximum atomic E-state index is 14.5. The summed E-state index contributed by atoms with van der Waals surface area (Å²) in [5, 5.41) is 2.90. The van der Waals surface area contributed by atoms with Gasteiger partial charge in [0.1, 0.15) is 18.9 Å². The van der Waals surface area contributed by atoms with Crippen LogP contribution in [0.15, 0.2) is 66.9 Å². The van der Waals surface area contributed by atoms with Crippen LogP contribution in [-0.4, -0.2) is 64.3 Å². The van der Waals surface area contributed by atoms with E-state index in [-0.39, 0.29) is 43.4 Å². The van der Waals surface area contributed by atoms with Crippen LogP contribution >= 0.6 is 8.03 Å². The number of hydrogen-bond acceptors (Lipinski definition) is 10. The van der Waals surface area contributed by atoms with Crippen molar-refractivity contribution in [2.45, 2.75) is 103 Å². The molecule has 54 heavy (non-hydrogen) atoms. The van der Waals surface area contributed by atoms with Crippen molar-refractivity contribution in [1.82, 2.24) is 20.2 Å². The Hall–Kier alpha value is -4.48. The van der Waals surface area contributed by atoms with Crippen molar-refractivity contribution < 1.29 is 37.7 Å². The average molecular weight is 766 g/mol. The number of aryl methyl sites for hydroxylation is 1. The minimum atomic E-state index is -2.86. The number of nitrogens with zero attached hydrogens (tertiary/aromatic N) is 2. The van der Waals surface area contributed by atoms with E-state index < -0.39 is 50.1 Å². The molecule has 4 rings (SSSR count). The van der Waals surface area contributed by atoms with E-state index in [0.717, 1.165) is 42.6 Å². The lowest BCUT2D eigenvalue weighted by molar-refractivity contribution is -0.145. The third-order valence-electron chi connectivity index (χ3n) is 9.59. The molecule has 1 heterocycles. The van der Waals surface area contributed by atoms with E-state index in [2.05, 4.69) is 15.3 Å². The van der Waals surface area contributed by atoms with Gasteiger partial charge in [-0.25, -0.2) is 14.7 Å². The zero-order chi connectivity index (χ0) is 38.9. The van der Waals surface area contributed by atoms with Crippen LogP contribution in [0.1, 0.15) is 88.5 Å². The second-order valence-corrected chi connectivity index (χ2v) is 15.8. The molecule has 13 nitrogen and oxygen atoms in total. The number of imide groups is 1. The third-order valence-corrected chi connectivity index (χ3v) is 11.0. The van der Waals surface area contributed by atoms with Gasteiger partial charge in [-0.2, -0.15) is 0 Å². The second-order valence-electron chi connectivity index (χ2n) is 14.4. The molecule has 294 valence electrons. The highest BCUT2D eigenvalue weighted by Gasteiger charge is 2.38. The first kappa shape index (κ1) is 42.3. The van der Waals surface area contributed by atoms with Gasteiger partial charge in [0.25, 0.3) is 0 Å². The van der Waals surface area contributed by atoms with Crippen molar-refractivity contribution in [3.63, 3.8) is 0 Å². The Balaban J connectivity index is 1.62. The largest absolute Gasteiger partial charge is 0.469 e. The highest BCUT2D eigenvalue weighted by Crippen LogP contribution is 2.34. The number of amides is 3. The standard InChI is InChI=1S/C40H56N5O8P/c1-28(2)22-32(38(48)51-3)27-54(50)53-35(23-30-16-9-5-10-17-30)44-37(47)34(24-33-25-42-39(41)43-33)45(40(49)52-26-31-18-11-6-12-19-31)36(46)21-13-20-29-14-7-4-8-15-29/h4,6-8,11-12,14-15,18-19,25,28,30,32,34-35,54H,5,9-10,13,16-17,20-24,26-27H2,1-3H3,(H,44,47)(H3,41,42,43)/t32?,34-,35?/m0/s1. The molecule has 0 aliphatic heterocycles. The number of H-pyrrole nitrogens is 1. The SMILES string of the molecule is COC(=O)C(CC(C)C)C[PH](=O)OC(CC1CCCCC1)NC(=O)[C@H](Cc1c[nH]c(N)n1)N(C(=O)CCCc1ccccc1)C(=O)OCc1ccccc1.